The van der Waals surface area contributed by atoms with Crippen molar-refractivity contribution in [2.45, 2.75) is 38.0 Å². The summed E-state index contributed by atoms with van der Waals surface area (Å²) in [5, 5.41) is 3.35. The largest absolute Gasteiger partial charge is 0.489 e. The Bertz CT molecular complexity index is 1420. The van der Waals surface area contributed by atoms with E-state index in [0.717, 1.165) is 41.9 Å². The van der Waals surface area contributed by atoms with Crippen molar-refractivity contribution in [1.82, 2.24) is 20.1 Å². The Morgan fingerprint density at radius 1 is 0.972 bits per heavy atom. The van der Waals surface area contributed by atoms with Gasteiger partial charge in [-0.15, -0.1) is 0 Å². The van der Waals surface area contributed by atoms with Crippen LogP contribution in [0.3, 0.4) is 0 Å². The van der Waals surface area contributed by atoms with Crippen LogP contribution in [0.15, 0.2) is 54.7 Å². The molecule has 1 aromatic heterocycles. The Morgan fingerprint density at radius 3 is 2.69 bits per heavy atom. The summed E-state index contributed by atoms with van der Waals surface area (Å²) in [6.07, 6.45) is 2.81. The summed E-state index contributed by atoms with van der Waals surface area (Å²) in [7, 11) is 0. The van der Waals surface area contributed by atoms with Crippen LogP contribution >= 0.6 is 0 Å². The predicted molar refractivity (Wildman–Crippen MR) is 129 cm³/mol. The van der Waals surface area contributed by atoms with Gasteiger partial charge in [-0.25, -0.2) is 0 Å². The van der Waals surface area contributed by atoms with Gasteiger partial charge in [0.25, 0.3) is 11.8 Å². The number of nitrogens with zero attached hydrogens (tertiary/aromatic N) is 3. The number of amides is 4. The molecule has 0 aliphatic carbocycles. The SMILES string of the molecule is O=C1CCC(N2C(=O)c3ccc(O[C@@H]4CCN(Cc5cccc6ncccc56)C4)cc3C2=O)C(=O)N1. The Balaban J connectivity index is 1.13. The number of aromatic nitrogens is 1. The Hall–Kier alpha value is -4.11. The molecule has 3 aliphatic heterocycles. The van der Waals surface area contributed by atoms with Crippen molar-refractivity contribution in [1.29, 1.82) is 0 Å². The molecule has 36 heavy (non-hydrogen) atoms. The lowest BCUT2D eigenvalue weighted by atomic mass is 10.0. The molecule has 2 atom stereocenters. The molecule has 2 aromatic carbocycles. The third-order valence-electron chi connectivity index (χ3n) is 7.07. The van der Waals surface area contributed by atoms with E-state index in [1.807, 2.05) is 18.2 Å². The molecule has 0 spiro atoms. The number of pyridine rings is 1. The van der Waals surface area contributed by atoms with Gasteiger partial charge in [0.15, 0.2) is 0 Å². The van der Waals surface area contributed by atoms with Crippen LogP contribution in [0.4, 0.5) is 0 Å². The number of benzene rings is 2. The van der Waals surface area contributed by atoms with E-state index in [1.54, 1.807) is 24.4 Å². The lowest BCUT2D eigenvalue weighted by Gasteiger charge is -2.27. The summed E-state index contributed by atoms with van der Waals surface area (Å²) < 4.78 is 6.20. The molecular weight excluding hydrogens is 460 g/mol. The van der Waals surface area contributed by atoms with Gasteiger partial charge in [-0.3, -0.25) is 39.3 Å². The molecule has 1 N–H and O–H groups in total. The third-order valence-corrected chi connectivity index (χ3v) is 7.07. The summed E-state index contributed by atoms with van der Waals surface area (Å²) in [6, 6.07) is 14.1. The van der Waals surface area contributed by atoms with Crippen molar-refractivity contribution in [3.8, 4) is 5.75 Å². The van der Waals surface area contributed by atoms with E-state index in [4.69, 9.17) is 4.74 Å². The van der Waals surface area contributed by atoms with Crippen molar-refractivity contribution in [3.63, 3.8) is 0 Å². The zero-order chi connectivity index (χ0) is 24.8. The van der Waals surface area contributed by atoms with Crippen LogP contribution in [0.2, 0.25) is 0 Å². The smallest absolute Gasteiger partial charge is 0.262 e. The van der Waals surface area contributed by atoms with Crippen molar-refractivity contribution < 1.29 is 23.9 Å². The quantitative estimate of drug-likeness (QED) is 0.554. The molecule has 182 valence electrons. The maximum Gasteiger partial charge on any atom is 0.262 e. The van der Waals surface area contributed by atoms with Gasteiger partial charge in [0.2, 0.25) is 11.8 Å². The third kappa shape index (κ3) is 3.91. The number of carbonyl (C=O) groups is 4. The first-order valence-corrected chi connectivity index (χ1v) is 12.1. The van der Waals surface area contributed by atoms with Gasteiger partial charge in [0.05, 0.1) is 16.6 Å². The van der Waals surface area contributed by atoms with Crippen molar-refractivity contribution in [2.75, 3.05) is 13.1 Å². The minimum absolute atomic E-state index is 0.0467. The average Bonchev–Trinajstić information content (AvgIpc) is 3.41. The number of carbonyl (C=O) groups excluding carboxylic acids is 4. The molecule has 3 aliphatic rings. The lowest BCUT2D eigenvalue weighted by Crippen LogP contribution is -2.54. The molecule has 4 amide bonds. The topological polar surface area (TPSA) is 109 Å². The standard InChI is InChI=1S/C27H24N4O5/c32-24-9-8-23(25(33)29-24)31-26(34)20-7-6-17(13-21(20)27(31)35)36-18-10-12-30(15-18)14-16-3-1-5-22-19(16)4-2-11-28-22/h1-7,11,13,18,23H,8-10,12,14-15H2,(H,29,32,33)/t18-,23?/m1/s1. The van der Waals surface area contributed by atoms with Crippen molar-refractivity contribution in [3.05, 3.63) is 71.4 Å². The fourth-order valence-electron chi connectivity index (χ4n) is 5.30. The van der Waals surface area contributed by atoms with E-state index in [1.165, 1.54) is 5.56 Å². The lowest BCUT2D eigenvalue weighted by molar-refractivity contribution is -0.136. The molecule has 0 saturated carbocycles. The first-order chi connectivity index (χ1) is 17.5. The highest BCUT2D eigenvalue weighted by Gasteiger charge is 2.44. The van der Waals surface area contributed by atoms with E-state index in [0.29, 0.717) is 5.75 Å². The van der Waals surface area contributed by atoms with E-state index < -0.39 is 29.7 Å². The van der Waals surface area contributed by atoms with Crippen LogP contribution in [0.5, 0.6) is 5.75 Å². The zero-order valence-electron chi connectivity index (χ0n) is 19.5. The number of hydrogen-bond acceptors (Lipinski definition) is 7. The van der Waals surface area contributed by atoms with Crippen LogP contribution in [-0.4, -0.2) is 63.6 Å². The van der Waals surface area contributed by atoms with Crippen molar-refractivity contribution >= 4 is 34.5 Å². The maximum absolute atomic E-state index is 13.1. The Kier molecular flexibility index (Phi) is 5.49. The molecule has 4 heterocycles. The molecule has 1 unspecified atom stereocenters. The molecular formula is C27H24N4O5. The molecule has 0 radical (unpaired) electrons. The van der Waals surface area contributed by atoms with E-state index in [-0.39, 0.29) is 30.1 Å². The van der Waals surface area contributed by atoms with E-state index >= 15 is 0 Å². The number of imide groups is 2. The predicted octanol–water partition coefficient (Wildman–Crippen LogP) is 2.29. The molecule has 9 heteroatoms. The Morgan fingerprint density at radius 2 is 1.83 bits per heavy atom. The number of rotatable bonds is 5. The van der Waals surface area contributed by atoms with Crippen LogP contribution < -0.4 is 10.1 Å². The van der Waals surface area contributed by atoms with Crippen molar-refractivity contribution in [2.24, 2.45) is 0 Å². The highest BCUT2D eigenvalue weighted by Crippen LogP contribution is 2.31. The van der Waals surface area contributed by atoms with Crippen LogP contribution in [0, 0.1) is 0 Å². The minimum Gasteiger partial charge on any atom is -0.489 e. The molecule has 2 fully saturated rings. The monoisotopic (exact) mass is 484 g/mol. The number of nitrogens with one attached hydrogen (secondary N) is 1. The van der Waals surface area contributed by atoms with Gasteiger partial charge in [-0.2, -0.15) is 0 Å². The summed E-state index contributed by atoms with van der Waals surface area (Å²) >= 11 is 0. The number of likely N-dealkylation sites (tertiary alicyclic amines) is 1. The number of piperidine rings is 1. The average molecular weight is 485 g/mol. The normalized spacial score (nSPS) is 22.3. The first kappa shape index (κ1) is 22.4. The fraction of sp³-hybridized carbons (Fsp3) is 0.296. The second-order valence-corrected chi connectivity index (χ2v) is 9.41. The molecule has 2 saturated heterocycles. The zero-order valence-corrected chi connectivity index (χ0v) is 19.5. The fourth-order valence-corrected chi connectivity index (χ4v) is 5.30. The van der Waals surface area contributed by atoms with Gasteiger partial charge < -0.3 is 4.74 Å². The van der Waals surface area contributed by atoms with Gasteiger partial charge in [-0.1, -0.05) is 18.2 Å². The Labute approximate surface area is 207 Å². The molecule has 0 bridgehead atoms. The second-order valence-electron chi connectivity index (χ2n) is 9.41. The van der Waals surface area contributed by atoms with E-state index in [9.17, 15) is 19.2 Å². The first-order valence-electron chi connectivity index (χ1n) is 12.1. The summed E-state index contributed by atoms with van der Waals surface area (Å²) in [6.45, 7) is 2.41. The highest BCUT2D eigenvalue weighted by atomic mass is 16.5. The summed E-state index contributed by atoms with van der Waals surface area (Å²) in [5.41, 5.74) is 2.66. The van der Waals surface area contributed by atoms with Crippen LogP contribution in [-0.2, 0) is 16.1 Å². The van der Waals surface area contributed by atoms with Gasteiger partial charge in [0, 0.05) is 37.6 Å². The summed E-state index contributed by atoms with van der Waals surface area (Å²) in [4.78, 5) is 57.4. The van der Waals surface area contributed by atoms with Gasteiger partial charge in [-0.05, 0) is 48.7 Å². The maximum atomic E-state index is 13.1. The van der Waals surface area contributed by atoms with Gasteiger partial charge >= 0.3 is 0 Å². The van der Waals surface area contributed by atoms with E-state index in [2.05, 4.69) is 27.3 Å². The number of ether oxygens (including phenoxy) is 1. The molecule has 9 nitrogen and oxygen atoms in total. The number of fused-ring (bicyclic) bond motifs is 2. The molecule has 6 rings (SSSR count). The second kappa shape index (κ2) is 8.83. The van der Waals surface area contributed by atoms with Gasteiger partial charge in [0.1, 0.15) is 17.9 Å². The highest BCUT2D eigenvalue weighted by molar-refractivity contribution is 6.23. The van der Waals surface area contributed by atoms with Crippen LogP contribution in [0.25, 0.3) is 10.9 Å². The van der Waals surface area contributed by atoms with Crippen LogP contribution in [0.1, 0.15) is 45.5 Å². The number of hydrogen-bond donors (Lipinski definition) is 1. The summed E-state index contributed by atoms with van der Waals surface area (Å²) in [5.74, 6) is -1.56. The minimum atomic E-state index is -0.980. The molecule has 3 aromatic rings.